The molecule has 5 rings (SSSR count). The van der Waals surface area contributed by atoms with E-state index < -0.39 is 5.97 Å². The molecular formula is C35H32N2O4. The molecule has 0 saturated carbocycles. The molecule has 4 aromatic carbocycles. The zero-order chi connectivity index (χ0) is 29.4. The number of benzene rings is 4. The summed E-state index contributed by atoms with van der Waals surface area (Å²) in [5, 5.41) is 5.78. The van der Waals surface area contributed by atoms with Gasteiger partial charge < -0.3 is 9.40 Å². The van der Waals surface area contributed by atoms with Crippen molar-refractivity contribution in [3.63, 3.8) is 0 Å². The van der Waals surface area contributed by atoms with Crippen LogP contribution in [0.4, 0.5) is 0 Å². The minimum Gasteiger partial charge on any atom is -0.341 e. The summed E-state index contributed by atoms with van der Waals surface area (Å²) >= 11 is 0. The van der Waals surface area contributed by atoms with E-state index >= 15 is 0 Å². The SMILES string of the molecule is CCn1c2ccc(C(=O)/C(=N/OC(C)=O)c3c(C)cc(C)cc3C)cc2c2cc(C(=O)c3ccccc3C)ccc21. The van der Waals surface area contributed by atoms with Crippen LogP contribution in [0.1, 0.15) is 67.9 Å². The van der Waals surface area contributed by atoms with Crippen molar-refractivity contribution in [2.45, 2.75) is 48.1 Å². The number of hydrogen-bond donors (Lipinski definition) is 0. The van der Waals surface area contributed by atoms with E-state index in [0.29, 0.717) is 22.3 Å². The topological polar surface area (TPSA) is 77.7 Å². The Balaban J connectivity index is 1.68. The normalized spacial score (nSPS) is 11.7. The molecule has 206 valence electrons. The number of carbonyl (C=O) groups excluding carboxylic acids is 3. The molecule has 0 unspecified atom stereocenters. The van der Waals surface area contributed by atoms with E-state index in [0.717, 1.165) is 50.6 Å². The Labute approximate surface area is 239 Å². The number of ketones is 2. The van der Waals surface area contributed by atoms with Crippen LogP contribution in [0.15, 0.2) is 78.0 Å². The molecule has 0 fully saturated rings. The molecule has 1 aromatic heterocycles. The maximum absolute atomic E-state index is 14.0. The predicted octanol–water partition coefficient (Wildman–Crippen LogP) is 7.43. The quantitative estimate of drug-likeness (QED) is 0.0924. The van der Waals surface area contributed by atoms with E-state index in [1.807, 2.05) is 94.4 Å². The highest BCUT2D eigenvalue weighted by Crippen LogP contribution is 2.32. The van der Waals surface area contributed by atoms with E-state index in [4.69, 9.17) is 4.84 Å². The van der Waals surface area contributed by atoms with Crippen LogP contribution in [0, 0.1) is 27.7 Å². The Kier molecular flexibility index (Phi) is 7.41. The monoisotopic (exact) mass is 544 g/mol. The minimum atomic E-state index is -0.606. The molecule has 41 heavy (non-hydrogen) atoms. The molecule has 0 aliphatic rings. The molecule has 1 heterocycles. The van der Waals surface area contributed by atoms with Crippen molar-refractivity contribution in [2.75, 3.05) is 0 Å². The van der Waals surface area contributed by atoms with Gasteiger partial charge in [-0.25, -0.2) is 4.79 Å². The van der Waals surface area contributed by atoms with Gasteiger partial charge in [-0.05, 0) is 87.7 Å². The molecule has 0 atom stereocenters. The lowest BCUT2D eigenvalue weighted by molar-refractivity contribution is -0.140. The lowest BCUT2D eigenvalue weighted by Crippen LogP contribution is -2.20. The van der Waals surface area contributed by atoms with E-state index in [9.17, 15) is 14.4 Å². The first-order chi connectivity index (χ1) is 19.6. The first-order valence-electron chi connectivity index (χ1n) is 13.7. The highest BCUT2D eigenvalue weighted by Gasteiger charge is 2.23. The summed E-state index contributed by atoms with van der Waals surface area (Å²) < 4.78 is 2.17. The number of aromatic nitrogens is 1. The Bertz CT molecular complexity index is 1890. The average Bonchev–Trinajstić information content (AvgIpc) is 3.25. The summed E-state index contributed by atoms with van der Waals surface area (Å²) in [5.41, 5.74) is 8.03. The number of nitrogens with zero attached hydrogens (tertiary/aromatic N) is 2. The molecule has 6 heteroatoms. The van der Waals surface area contributed by atoms with Crippen LogP contribution in [0.5, 0.6) is 0 Å². The van der Waals surface area contributed by atoms with E-state index in [-0.39, 0.29) is 17.3 Å². The Morgan fingerprint density at radius 3 is 1.93 bits per heavy atom. The van der Waals surface area contributed by atoms with Gasteiger partial charge >= 0.3 is 5.97 Å². The van der Waals surface area contributed by atoms with Gasteiger partial charge in [-0.15, -0.1) is 0 Å². The number of Topliss-reactive ketones (excluding diaryl/α,β-unsaturated/α-hetero) is 1. The van der Waals surface area contributed by atoms with E-state index in [2.05, 4.69) is 16.6 Å². The third-order valence-corrected chi connectivity index (χ3v) is 7.49. The van der Waals surface area contributed by atoms with Gasteiger partial charge in [-0.1, -0.05) is 47.1 Å². The van der Waals surface area contributed by atoms with Gasteiger partial charge in [0.2, 0.25) is 5.78 Å². The van der Waals surface area contributed by atoms with Crippen LogP contribution in [-0.4, -0.2) is 27.8 Å². The van der Waals surface area contributed by atoms with Gasteiger partial charge in [0.05, 0.1) is 0 Å². The van der Waals surface area contributed by atoms with Crippen molar-refractivity contribution < 1.29 is 19.2 Å². The minimum absolute atomic E-state index is 0.0456. The largest absolute Gasteiger partial charge is 0.341 e. The first kappa shape index (κ1) is 27.7. The van der Waals surface area contributed by atoms with Crippen molar-refractivity contribution in [2.24, 2.45) is 5.16 Å². The van der Waals surface area contributed by atoms with Crippen LogP contribution in [0.3, 0.4) is 0 Å². The number of oxime groups is 1. The number of carbonyl (C=O) groups is 3. The molecule has 0 saturated heterocycles. The van der Waals surface area contributed by atoms with Crippen LogP contribution in [0.25, 0.3) is 21.8 Å². The second-order valence-electron chi connectivity index (χ2n) is 10.5. The van der Waals surface area contributed by atoms with Crippen molar-refractivity contribution >= 4 is 45.1 Å². The lowest BCUT2D eigenvalue weighted by Gasteiger charge is -2.13. The maximum Gasteiger partial charge on any atom is 0.332 e. The van der Waals surface area contributed by atoms with Crippen LogP contribution < -0.4 is 0 Å². The fraction of sp³-hybridized carbons (Fsp3) is 0.200. The standard InChI is InChI=1S/C35H32N2O4/c1-7-37-30-14-12-25(34(39)27-11-9-8-10-21(27)3)18-28(30)29-19-26(13-15-31(29)37)35(40)33(36-41-24(6)38)32-22(4)16-20(2)17-23(32)5/h8-19H,7H2,1-6H3/b36-33+. The van der Waals surface area contributed by atoms with Crippen LogP contribution >= 0.6 is 0 Å². The van der Waals surface area contributed by atoms with E-state index in [1.165, 1.54) is 6.92 Å². The zero-order valence-electron chi connectivity index (χ0n) is 24.2. The molecule has 0 amide bonds. The number of aryl methyl sites for hydroxylation is 5. The molecule has 6 nitrogen and oxygen atoms in total. The Morgan fingerprint density at radius 1 is 0.756 bits per heavy atom. The summed E-state index contributed by atoms with van der Waals surface area (Å²) in [5.74, 6) is -1.01. The highest BCUT2D eigenvalue weighted by molar-refractivity contribution is 6.52. The molecule has 0 radical (unpaired) electrons. The molecule has 5 aromatic rings. The summed E-state index contributed by atoms with van der Waals surface area (Å²) in [6.07, 6.45) is 0. The summed E-state index contributed by atoms with van der Waals surface area (Å²) in [7, 11) is 0. The Morgan fingerprint density at radius 2 is 1.34 bits per heavy atom. The van der Waals surface area contributed by atoms with Gasteiger partial charge in [0, 0.05) is 57.5 Å². The number of rotatable bonds is 7. The van der Waals surface area contributed by atoms with Gasteiger partial charge in [-0.3, -0.25) is 9.59 Å². The fourth-order valence-electron chi connectivity index (χ4n) is 5.71. The molecule has 0 N–H and O–H groups in total. The van der Waals surface area contributed by atoms with Gasteiger partial charge in [0.1, 0.15) is 0 Å². The molecule has 0 aliphatic heterocycles. The number of fused-ring (bicyclic) bond motifs is 3. The number of hydrogen-bond acceptors (Lipinski definition) is 5. The second kappa shape index (κ2) is 11.0. The summed E-state index contributed by atoms with van der Waals surface area (Å²) in [4.78, 5) is 44.1. The van der Waals surface area contributed by atoms with E-state index in [1.54, 1.807) is 6.07 Å². The molecule has 0 aliphatic carbocycles. The van der Waals surface area contributed by atoms with Crippen molar-refractivity contribution in [1.82, 2.24) is 4.57 Å². The van der Waals surface area contributed by atoms with Crippen molar-refractivity contribution in [3.8, 4) is 0 Å². The summed E-state index contributed by atoms with van der Waals surface area (Å²) in [6.45, 7) is 11.8. The maximum atomic E-state index is 14.0. The lowest BCUT2D eigenvalue weighted by atomic mass is 9.91. The van der Waals surface area contributed by atoms with Gasteiger partial charge in [0.15, 0.2) is 11.5 Å². The van der Waals surface area contributed by atoms with Crippen molar-refractivity contribution in [3.05, 3.63) is 117 Å². The molecule has 0 bridgehead atoms. The average molecular weight is 545 g/mol. The smallest absolute Gasteiger partial charge is 0.332 e. The first-order valence-corrected chi connectivity index (χ1v) is 13.7. The predicted molar refractivity (Wildman–Crippen MR) is 163 cm³/mol. The third kappa shape index (κ3) is 5.09. The molecular weight excluding hydrogens is 512 g/mol. The third-order valence-electron chi connectivity index (χ3n) is 7.49. The van der Waals surface area contributed by atoms with Crippen LogP contribution in [0.2, 0.25) is 0 Å². The Hall–Kier alpha value is -4.84. The van der Waals surface area contributed by atoms with Crippen molar-refractivity contribution in [1.29, 1.82) is 0 Å². The summed E-state index contributed by atoms with van der Waals surface area (Å²) in [6, 6.07) is 22.8. The fourth-order valence-corrected chi connectivity index (χ4v) is 5.71. The van der Waals surface area contributed by atoms with Gasteiger partial charge in [-0.2, -0.15) is 0 Å². The highest BCUT2D eigenvalue weighted by atomic mass is 16.7. The van der Waals surface area contributed by atoms with Gasteiger partial charge in [0.25, 0.3) is 0 Å². The van der Waals surface area contributed by atoms with Crippen LogP contribution in [-0.2, 0) is 16.2 Å². The second-order valence-corrected chi connectivity index (χ2v) is 10.5. The molecule has 0 spiro atoms. The zero-order valence-corrected chi connectivity index (χ0v) is 24.2.